The molecule has 0 aromatic rings. The van der Waals surface area contributed by atoms with E-state index in [0.29, 0.717) is 0 Å². The van der Waals surface area contributed by atoms with Gasteiger partial charge in [0.25, 0.3) is 0 Å². The maximum absolute atomic E-state index is 10.3. The fraction of sp³-hybridized carbons (Fsp3) is 0.800. The number of nitrogens with two attached hydrogens (primary N) is 1. The van der Waals surface area contributed by atoms with Gasteiger partial charge in [0.1, 0.15) is 6.04 Å². The van der Waals surface area contributed by atoms with E-state index < -0.39 is 16.9 Å². The molecule has 54 valence electrons. The summed E-state index contributed by atoms with van der Waals surface area (Å²) in [7, 11) is 0. The number of carbonyl (C=O) groups is 1. The summed E-state index contributed by atoms with van der Waals surface area (Å²) in [6.45, 7) is 2.86. The predicted molar refractivity (Wildman–Crippen MR) is 35.1 cm³/mol. The second-order valence-electron chi connectivity index (χ2n) is 2.44. The van der Waals surface area contributed by atoms with Crippen LogP contribution in [-0.4, -0.2) is 22.0 Å². The Bertz CT molecular complexity index is 119. The van der Waals surface area contributed by atoms with Crippen LogP contribution >= 0.6 is 11.6 Å². The summed E-state index contributed by atoms with van der Waals surface area (Å²) < 4.78 is 0. The Morgan fingerprint density at radius 2 is 2.11 bits per heavy atom. The van der Waals surface area contributed by atoms with E-state index in [4.69, 9.17) is 22.4 Å². The lowest BCUT2D eigenvalue weighted by Crippen LogP contribution is -2.46. The molecule has 0 radical (unpaired) electrons. The molecule has 0 heterocycles. The summed E-state index contributed by atoms with van der Waals surface area (Å²) in [4.78, 5) is 10.3. The molecule has 0 amide bonds. The maximum atomic E-state index is 10.3. The SMILES string of the molecule is CC(C)(O)[C@H](N)C(=O)Cl. The molecule has 0 fully saturated rings. The van der Waals surface area contributed by atoms with Gasteiger partial charge in [0, 0.05) is 0 Å². The lowest BCUT2D eigenvalue weighted by molar-refractivity contribution is -0.117. The van der Waals surface area contributed by atoms with Crippen LogP contribution in [0.2, 0.25) is 0 Å². The highest BCUT2D eigenvalue weighted by molar-refractivity contribution is 6.64. The zero-order valence-corrected chi connectivity index (χ0v) is 6.14. The average Bonchev–Trinajstić information content (AvgIpc) is 1.62. The van der Waals surface area contributed by atoms with Crippen LogP contribution in [0, 0.1) is 0 Å². The van der Waals surface area contributed by atoms with Crippen LogP contribution in [0.1, 0.15) is 13.8 Å². The van der Waals surface area contributed by atoms with Crippen molar-refractivity contribution in [3.05, 3.63) is 0 Å². The normalized spacial score (nSPS) is 15.2. The number of hydrogen-bond donors (Lipinski definition) is 2. The summed E-state index contributed by atoms with van der Waals surface area (Å²) in [6, 6.07) is -1.00. The number of rotatable bonds is 2. The smallest absolute Gasteiger partial charge is 0.241 e. The molecule has 1 atom stereocenters. The van der Waals surface area contributed by atoms with E-state index >= 15 is 0 Å². The Balaban J connectivity index is 4.04. The van der Waals surface area contributed by atoms with Crippen LogP contribution in [0.15, 0.2) is 0 Å². The highest BCUT2D eigenvalue weighted by Gasteiger charge is 2.27. The molecule has 0 aliphatic carbocycles. The van der Waals surface area contributed by atoms with E-state index in [1.807, 2.05) is 0 Å². The lowest BCUT2D eigenvalue weighted by Gasteiger charge is -2.21. The van der Waals surface area contributed by atoms with Crippen molar-refractivity contribution in [2.75, 3.05) is 0 Å². The molecule has 0 aromatic carbocycles. The van der Waals surface area contributed by atoms with Gasteiger partial charge >= 0.3 is 0 Å². The van der Waals surface area contributed by atoms with E-state index in [1.165, 1.54) is 13.8 Å². The Kier molecular flexibility index (Phi) is 2.61. The van der Waals surface area contributed by atoms with Gasteiger partial charge in [-0.05, 0) is 25.4 Å². The highest BCUT2D eigenvalue weighted by Crippen LogP contribution is 2.07. The number of carbonyl (C=O) groups excluding carboxylic acids is 1. The second kappa shape index (κ2) is 2.64. The van der Waals surface area contributed by atoms with Gasteiger partial charge < -0.3 is 10.8 Å². The van der Waals surface area contributed by atoms with Crippen molar-refractivity contribution in [2.45, 2.75) is 25.5 Å². The van der Waals surface area contributed by atoms with Crippen molar-refractivity contribution in [1.29, 1.82) is 0 Å². The zero-order chi connectivity index (χ0) is 7.65. The average molecular weight is 152 g/mol. The Hall–Kier alpha value is -0.120. The maximum Gasteiger partial charge on any atom is 0.241 e. The topological polar surface area (TPSA) is 63.3 Å². The Morgan fingerprint density at radius 3 is 2.11 bits per heavy atom. The summed E-state index contributed by atoms with van der Waals surface area (Å²) in [5.41, 5.74) is 3.94. The molecule has 0 saturated heterocycles. The molecule has 0 spiro atoms. The number of hydrogen-bond acceptors (Lipinski definition) is 3. The van der Waals surface area contributed by atoms with E-state index in [0.717, 1.165) is 0 Å². The van der Waals surface area contributed by atoms with Gasteiger partial charge in [0.05, 0.1) is 5.60 Å². The Morgan fingerprint density at radius 1 is 1.78 bits per heavy atom. The molecule has 0 bridgehead atoms. The van der Waals surface area contributed by atoms with E-state index in [9.17, 15) is 4.79 Å². The molecule has 0 aliphatic heterocycles. The highest BCUT2D eigenvalue weighted by atomic mass is 35.5. The second-order valence-corrected chi connectivity index (χ2v) is 2.81. The molecule has 9 heavy (non-hydrogen) atoms. The van der Waals surface area contributed by atoms with Crippen LogP contribution in [0.5, 0.6) is 0 Å². The van der Waals surface area contributed by atoms with Crippen LogP contribution in [0.4, 0.5) is 0 Å². The standard InChI is InChI=1S/C5H10ClNO2/c1-5(2,9)3(7)4(6)8/h3,9H,7H2,1-2H3/t3-/m1/s1. The number of halogens is 1. The molecule has 0 rings (SSSR count). The Labute approximate surface area is 58.8 Å². The molecule has 0 saturated carbocycles. The largest absolute Gasteiger partial charge is 0.388 e. The minimum absolute atomic E-state index is 0.720. The first-order chi connectivity index (χ1) is 3.85. The fourth-order valence-electron chi connectivity index (χ4n) is 0.278. The first-order valence-electron chi connectivity index (χ1n) is 2.53. The third kappa shape index (κ3) is 2.79. The van der Waals surface area contributed by atoms with Gasteiger partial charge in [-0.1, -0.05) is 0 Å². The first-order valence-corrected chi connectivity index (χ1v) is 2.91. The lowest BCUT2D eigenvalue weighted by atomic mass is 10.0. The monoisotopic (exact) mass is 151 g/mol. The van der Waals surface area contributed by atoms with Gasteiger partial charge in [-0.3, -0.25) is 4.79 Å². The van der Waals surface area contributed by atoms with Crippen LogP contribution in [0.25, 0.3) is 0 Å². The predicted octanol–water partition coefficient (Wildman–Crippen LogP) is -0.150. The van der Waals surface area contributed by atoms with E-state index in [-0.39, 0.29) is 0 Å². The van der Waals surface area contributed by atoms with Gasteiger partial charge in [0.15, 0.2) is 0 Å². The van der Waals surface area contributed by atoms with Crippen molar-refractivity contribution in [3.8, 4) is 0 Å². The quantitative estimate of drug-likeness (QED) is 0.540. The van der Waals surface area contributed by atoms with Crippen molar-refractivity contribution < 1.29 is 9.90 Å². The molecule has 0 unspecified atom stereocenters. The minimum atomic E-state index is -1.22. The third-order valence-corrected chi connectivity index (χ3v) is 1.24. The van der Waals surface area contributed by atoms with Crippen molar-refractivity contribution >= 4 is 16.8 Å². The molecule has 4 heteroatoms. The molecule has 0 aliphatic rings. The van der Waals surface area contributed by atoms with Crippen molar-refractivity contribution in [3.63, 3.8) is 0 Å². The van der Waals surface area contributed by atoms with E-state index in [2.05, 4.69) is 0 Å². The van der Waals surface area contributed by atoms with Gasteiger partial charge in [-0.2, -0.15) is 0 Å². The molecule has 3 nitrogen and oxygen atoms in total. The minimum Gasteiger partial charge on any atom is -0.388 e. The first kappa shape index (κ1) is 8.88. The van der Waals surface area contributed by atoms with Gasteiger partial charge in [0.2, 0.25) is 5.24 Å². The van der Waals surface area contributed by atoms with Gasteiger partial charge in [-0.25, -0.2) is 0 Å². The van der Waals surface area contributed by atoms with Gasteiger partial charge in [-0.15, -0.1) is 0 Å². The van der Waals surface area contributed by atoms with Crippen LogP contribution < -0.4 is 5.73 Å². The third-order valence-electron chi connectivity index (χ3n) is 1.01. The summed E-state index contributed by atoms with van der Waals surface area (Å²) in [5.74, 6) is 0. The van der Waals surface area contributed by atoms with Crippen molar-refractivity contribution in [2.24, 2.45) is 5.73 Å². The number of aliphatic hydroxyl groups is 1. The molecule has 3 N–H and O–H groups in total. The molecular weight excluding hydrogens is 142 g/mol. The van der Waals surface area contributed by atoms with E-state index in [1.54, 1.807) is 0 Å². The van der Waals surface area contributed by atoms with Crippen molar-refractivity contribution in [1.82, 2.24) is 0 Å². The summed E-state index contributed by atoms with van der Waals surface area (Å²) >= 11 is 4.99. The van der Waals surface area contributed by atoms with Crippen LogP contribution in [-0.2, 0) is 4.79 Å². The fourth-order valence-corrected chi connectivity index (χ4v) is 0.545. The summed E-state index contributed by atoms with van der Waals surface area (Å²) in [6.07, 6.45) is 0. The molecule has 0 aromatic heterocycles. The summed E-state index contributed by atoms with van der Waals surface area (Å²) in [5, 5.41) is 8.31. The van der Waals surface area contributed by atoms with Crippen LogP contribution in [0.3, 0.4) is 0 Å². The molecular formula is C5H10ClNO2. The zero-order valence-electron chi connectivity index (χ0n) is 5.39.